The van der Waals surface area contributed by atoms with Gasteiger partial charge in [0.1, 0.15) is 12.4 Å². The lowest BCUT2D eigenvalue weighted by Gasteiger charge is -2.08. The molecule has 1 aromatic heterocycles. The van der Waals surface area contributed by atoms with Crippen LogP contribution in [0.1, 0.15) is 25.5 Å². The van der Waals surface area contributed by atoms with Crippen molar-refractivity contribution in [2.75, 3.05) is 11.9 Å². The summed E-state index contributed by atoms with van der Waals surface area (Å²) in [7, 11) is 0. The number of ether oxygens (including phenoxy) is 1. The zero-order chi connectivity index (χ0) is 10.2. The van der Waals surface area contributed by atoms with Gasteiger partial charge in [-0.3, -0.25) is 0 Å². The Balaban J connectivity index is 1.99. The summed E-state index contributed by atoms with van der Waals surface area (Å²) in [5.41, 5.74) is 0. The summed E-state index contributed by atoms with van der Waals surface area (Å²) in [4.78, 5) is 0. The summed E-state index contributed by atoms with van der Waals surface area (Å²) in [6.07, 6.45) is 4.00. The minimum atomic E-state index is 0.591. The molecule has 0 fully saturated rings. The Labute approximate surface area is 93.8 Å². The van der Waals surface area contributed by atoms with Crippen LogP contribution in [0.2, 0.25) is 0 Å². The highest BCUT2D eigenvalue weighted by atomic mass is 79.9. The van der Waals surface area contributed by atoms with Crippen molar-refractivity contribution in [1.29, 1.82) is 0 Å². The Morgan fingerprint density at radius 2 is 2.36 bits per heavy atom. The first kappa shape index (κ1) is 11.8. The Morgan fingerprint density at radius 1 is 1.50 bits per heavy atom. The predicted octanol–water partition coefficient (Wildman–Crippen LogP) is 3.61. The maximum atomic E-state index is 5.49. The summed E-state index contributed by atoms with van der Waals surface area (Å²) >= 11 is 3.43. The van der Waals surface area contributed by atoms with Crippen molar-refractivity contribution in [2.24, 2.45) is 5.92 Å². The minimum Gasteiger partial charge on any atom is -0.467 e. The van der Waals surface area contributed by atoms with Crippen LogP contribution in [0, 0.1) is 5.92 Å². The van der Waals surface area contributed by atoms with Crippen molar-refractivity contribution in [3.8, 4) is 0 Å². The van der Waals surface area contributed by atoms with E-state index < -0.39 is 0 Å². The first-order valence-corrected chi connectivity index (χ1v) is 6.11. The molecule has 1 rings (SSSR count). The Morgan fingerprint density at radius 3 is 3.00 bits per heavy atom. The van der Waals surface area contributed by atoms with Crippen LogP contribution >= 0.6 is 15.9 Å². The van der Waals surface area contributed by atoms with Crippen molar-refractivity contribution in [2.45, 2.75) is 26.4 Å². The summed E-state index contributed by atoms with van der Waals surface area (Å²) in [5.74, 6) is 1.63. The Kier molecular flexibility index (Phi) is 5.96. The van der Waals surface area contributed by atoms with Gasteiger partial charge in [-0.15, -0.1) is 0 Å². The highest BCUT2D eigenvalue weighted by Gasteiger charge is 2.01. The monoisotopic (exact) mass is 260 g/mol. The quantitative estimate of drug-likeness (QED) is 0.552. The lowest BCUT2D eigenvalue weighted by Crippen LogP contribution is -2.02. The van der Waals surface area contributed by atoms with E-state index >= 15 is 0 Å². The van der Waals surface area contributed by atoms with Gasteiger partial charge in [-0.2, -0.15) is 0 Å². The Hall–Kier alpha value is -0.280. The van der Waals surface area contributed by atoms with Crippen molar-refractivity contribution < 1.29 is 9.15 Å². The van der Waals surface area contributed by atoms with Crippen LogP contribution in [-0.2, 0) is 11.3 Å². The molecular formula is C11H17BrO2. The van der Waals surface area contributed by atoms with Gasteiger partial charge in [0.25, 0.3) is 0 Å². The van der Waals surface area contributed by atoms with E-state index in [1.165, 1.54) is 6.42 Å². The van der Waals surface area contributed by atoms with Gasteiger partial charge in [-0.1, -0.05) is 22.9 Å². The third-order valence-corrected chi connectivity index (χ3v) is 2.64. The number of alkyl halides is 1. The maximum Gasteiger partial charge on any atom is 0.129 e. The van der Waals surface area contributed by atoms with Gasteiger partial charge >= 0.3 is 0 Å². The van der Waals surface area contributed by atoms with E-state index in [0.29, 0.717) is 6.61 Å². The molecule has 0 amide bonds. The van der Waals surface area contributed by atoms with Crippen molar-refractivity contribution >= 4 is 15.9 Å². The van der Waals surface area contributed by atoms with Crippen molar-refractivity contribution in [1.82, 2.24) is 0 Å². The largest absolute Gasteiger partial charge is 0.467 e. The van der Waals surface area contributed by atoms with Crippen LogP contribution in [0.5, 0.6) is 0 Å². The molecule has 0 saturated carbocycles. The zero-order valence-electron chi connectivity index (χ0n) is 8.54. The van der Waals surface area contributed by atoms with Gasteiger partial charge in [0, 0.05) is 11.9 Å². The van der Waals surface area contributed by atoms with Gasteiger partial charge in [-0.05, 0) is 30.9 Å². The van der Waals surface area contributed by atoms with E-state index in [2.05, 4.69) is 22.9 Å². The van der Waals surface area contributed by atoms with Crippen LogP contribution < -0.4 is 0 Å². The summed E-state index contributed by atoms with van der Waals surface area (Å²) in [5, 5.41) is 1.08. The highest BCUT2D eigenvalue weighted by molar-refractivity contribution is 9.09. The molecule has 1 unspecified atom stereocenters. The topological polar surface area (TPSA) is 22.4 Å². The number of hydrogen-bond acceptors (Lipinski definition) is 2. The second-order valence-corrected chi connectivity index (χ2v) is 4.30. The van der Waals surface area contributed by atoms with Crippen molar-refractivity contribution in [3.05, 3.63) is 24.2 Å². The van der Waals surface area contributed by atoms with E-state index in [1.54, 1.807) is 6.26 Å². The molecule has 0 aliphatic carbocycles. The molecule has 0 aromatic carbocycles. The SMILES string of the molecule is CC(CCBr)CCOCc1ccco1. The maximum absolute atomic E-state index is 5.49. The Bertz CT molecular complexity index is 221. The van der Waals surface area contributed by atoms with Gasteiger partial charge in [0.15, 0.2) is 0 Å². The second-order valence-electron chi connectivity index (χ2n) is 3.50. The molecule has 0 spiro atoms. The molecule has 0 radical (unpaired) electrons. The zero-order valence-corrected chi connectivity index (χ0v) is 10.1. The smallest absolute Gasteiger partial charge is 0.129 e. The van der Waals surface area contributed by atoms with E-state index in [9.17, 15) is 0 Å². The fraction of sp³-hybridized carbons (Fsp3) is 0.636. The molecule has 1 atom stereocenters. The lowest BCUT2D eigenvalue weighted by atomic mass is 10.1. The second kappa shape index (κ2) is 7.07. The van der Waals surface area contributed by atoms with Gasteiger partial charge in [-0.25, -0.2) is 0 Å². The summed E-state index contributed by atoms with van der Waals surface area (Å²) < 4.78 is 10.6. The van der Waals surface area contributed by atoms with Gasteiger partial charge < -0.3 is 9.15 Å². The van der Waals surface area contributed by atoms with Crippen LogP contribution in [0.15, 0.2) is 22.8 Å². The highest BCUT2D eigenvalue weighted by Crippen LogP contribution is 2.10. The number of halogens is 1. The molecule has 3 heteroatoms. The number of furan rings is 1. The number of rotatable bonds is 7. The molecule has 0 aliphatic heterocycles. The van der Waals surface area contributed by atoms with E-state index in [1.807, 2.05) is 12.1 Å². The first-order chi connectivity index (χ1) is 6.83. The first-order valence-electron chi connectivity index (χ1n) is 4.99. The third-order valence-electron chi connectivity index (χ3n) is 2.18. The van der Waals surface area contributed by atoms with Crippen LogP contribution in [0.4, 0.5) is 0 Å². The average molecular weight is 261 g/mol. The van der Waals surface area contributed by atoms with E-state index in [-0.39, 0.29) is 0 Å². The third kappa shape index (κ3) is 4.82. The molecule has 14 heavy (non-hydrogen) atoms. The number of hydrogen-bond donors (Lipinski definition) is 0. The minimum absolute atomic E-state index is 0.591. The van der Waals surface area contributed by atoms with Gasteiger partial charge in [0.05, 0.1) is 6.26 Å². The van der Waals surface area contributed by atoms with Gasteiger partial charge in [0.2, 0.25) is 0 Å². The fourth-order valence-electron chi connectivity index (χ4n) is 1.18. The van der Waals surface area contributed by atoms with Crippen molar-refractivity contribution in [3.63, 3.8) is 0 Å². The predicted molar refractivity (Wildman–Crippen MR) is 60.6 cm³/mol. The molecule has 0 aliphatic rings. The normalized spacial score (nSPS) is 13.0. The van der Waals surface area contributed by atoms with Crippen LogP contribution in [-0.4, -0.2) is 11.9 Å². The standard InChI is InChI=1S/C11H17BrO2/c1-10(4-6-12)5-8-13-9-11-3-2-7-14-11/h2-3,7,10H,4-6,8-9H2,1H3. The van der Waals surface area contributed by atoms with E-state index in [0.717, 1.165) is 30.0 Å². The summed E-state index contributed by atoms with van der Waals surface area (Å²) in [6, 6.07) is 3.81. The molecule has 1 aromatic rings. The molecule has 2 nitrogen and oxygen atoms in total. The molecule has 80 valence electrons. The lowest BCUT2D eigenvalue weighted by molar-refractivity contribution is 0.0953. The molecule has 0 saturated heterocycles. The van der Waals surface area contributed by atoms with Crippen LogP contribution in [0.3, 0.4) is 0 Å². The van der Waals surface area contributed by atoms with E-state index in [4.69, 9.17) is 9.15 Å². The molecule has 0 N–H and O–H groups in total. The molecule has 0 bridgehead atoms. The molecule has 1 heterocycles. The van der Waals surface area contributed by atoms with Crippen LogP contribution in [0.25, 0.3) is 0 Å². The average Bonchev–Trinajstić information content (AvgIpc) is 2.65. The summed E-state index contributed by atoms with van der Waals surface area (Å²) in [6.45, 7) is 3.65. The molecular weight excluding hydrogens is 244 g/mol. The fourth-order valence-corrected chi connectivity index (χ4v) is 1.96.